The molecule has 0 unspecified atom stereocenters. The predicted molar refractivity (Wildman–Crippen MR) is 50.8 cm³/mol. The largest absolute Gasteiger partial charge is 0.480 e. The van der Waals surface area contributed by atoms with E-state index in [1.165, 1.54) is 6.07 Å². The minimum absolute atomic E-state index is 0.121. The fourth-order valence-electron chi connectivity index (χ4n) is 0.943. The zero-order valence-electron chi connectivity index (χ0n) is 7.66. The molecular formula is C9H9FN2O3. The molecule has 0 saturated heterocycles. The van der Waals surface area contributed by atoms with Crippen molar-refractivity contribution in [1.82, 2.24) is 5.32 Å². The second-order valence-corrected chi connectivity index (χ2v) is 2.81. The first-order chi connectivity index (χ1) is 7.00. The van der Waals surface area contributed by atoms with Crippen molar-refractivity contribution in [2.45, 2.75) is 0 Å². The van der Waals surface area contributed by atoms with Crippen molar-refractivity contribution in [1.29, 1.82) is 0 Å². The average molecular weight is 212 g/mol. The van der Waals surface area contributed by atoms with Crippen LogP contribution in [0.1, 0.15) is 10.4 Å². The zero-order valence-corrected chi connectivity index (χ0v) is 7.66. The highest BCUT2D eigenvalue weighted by atomic mass is 19.1. The monoisotopic (exact) mass is 212 g/mol. The number of carbonyl (C=O) groups is 2. The Hall–Kier alpha value is -2.11. The maximum absolute atomic E-state index is 12.7. The maximum atomic E-state index is 12.7. The van der Waals surface area contributed by atoms with E-state index in [0.717, 1.165) is 12.1 Å². The first-order valence-electron chi connectivity index (χ1n) is 4.05. The van der Waals surface area contributed by atoms with E-state index in [1.807, 2.05) is 0 Å². The smallest absolute Gasteiger partial charge is 0.322 e. The Labute approximate surface area is 84.7 Å². The molecule has 15 heavy (non-hydrogen) atoms. The molecule has 1 aromatic rings. The average Bonchev–Trinajstić information content (AvgIpc) is 2.18. The van der Waals surface area contributed by atoms with Gasteiger partial charge in [-0.05, 0) is 18.2 Å². The molecule has 0 heterocycles. The highest BCUT2D eigenvalue weighted by Gasteiger charge is 2.08. The van der Waals surface area contributed by atoms with Gasteiger partial charge in [-0.2, -0.15) is 0 Å². The molecule has 0 aliphatic rings. The van der Waals surface area contributed by atoms with Crippen LogP contribution in [0.4, 0.5) is 10.1 Å². The summed E-state index contributed by atoms with van der Waals surface area (Å²) in [6.07, 6.45) is 0. The van der Waals surface area contributed by atoms with Gasteiger partial charge in [0.25, 0.3) is 5.91 Å². The number of benzene rings is 1. The quantitative estimate of drug-likeness (QED) is 0.625. The van der Waals surface area contributed by atoms with Crippen molar-refractivity contribution in [3.8, 4) is 0 Å². The van der Waals surface area contributed by atoms with Crippen LogP contribution >= 0.6 is 0 Å². The Morgan fingerprint density at radius 2 is 2.13 bits per heavy atom. The Kier molecular flexibility index (Phi) is 3.22. The van der Waals surface area contributed by atoms with E-state index in [2.05, 4.69) is 5.32 Å². The molecule has 0 aliphatic carbocycles. The summed E-state index contributed by atoms with van der Waals surface area (Å²) in [4.78, 5) is 21.4. The van der Waals surface area contributed by atoms with Crippen molar-refractivity contribution < 1.29 is 19.1 Å². The Morgan fingerprint density at radius 1 is 1.47 bits per heavy atom. The summed E-state index contributed by atoms with van der Waals surface area (Å²) in [6.45, 7) is -0.490. The van der Waals surface area contributed by atoms with Crippen molar-refractivity contribution in [2.24, 2.45) is 0 Å². The van der Waals surface area contributed by atoms with Crippen molar-refractivity contribution in [3.05, 3.63) is 29.6 Å². The highest BCUT2D eigenvalue weighted by Crippen LogP contribution is 2.11. The van der Waals surface area contributed by atoms with Gasteiger partial charge < -0.3 is 16.2 Å². The minimum atomic E-state index is -1.15. The molecule has 0 spiro atoms. The Balaban J connectivity index is 2.74. The molecule has 0 fully saturated rings. The molecule has 80 valence electrons. The van der Waals surface area contributed by atoms with Gasteiger partial charge in [0, 0.05) is 5.56 Å². The van der Waals surface area contributed by atoms with E-state index < -0.39 is 24.2 Å². The summed E-state index contributed by atoms with van der Waals surface area (Å²) in [5.74, 6) is -2.38. The van der Waals surface area contributed by atoms with E-state index >= 15 is 0 Å². The molecule has 0 saturated carbocycles. The lowest BCUT2D eigenvalue weighted by molar-refractivity contribution is -0.135. The normalized spacial score (nSPS) is 9.67. The second kappa shape index (κ2) is 4.41. The SMILES string of the molecule is Nc1cc(C(=O)NCC(=O)O)ccc1[19F]. The molecule has 5 nitrogen and oxygen atoms in total. The Morgan fingerprint density at radius 3 is 2.67 bits per heavy atom. The third kappa shape index (κ3) is 2.94. The predicted octanol–water partition coefficient (Wildman–Crippen LogP) is 0.222. The van der Waals surface area contributed by atoms with E-state index in [4.69, 9.17) is 10.8 Å². The van der Waals surface area contributed by atoms with Gasteiger partial charge in [-0.1, -0.05) is 0 Å². The summed E-state index contributed by atoms with van der Waals surface area (Å²) in [6, 6.07) is 3.42. The van der Waals surface area contributed by atoms with E-state index in [1.54, 1.807) is 0 Å². The first kappa shape index (κ1) is 11.0. The summed E-state index contributed by atoms with van der Waals surface area (Å²) in [5.41, 5.74) is 5.21. The third-order valence-corrected chi connectivity index (χ3v) is 1.66. The van der Waals surface area contributed by atoms with Crippen LogP contribution in [0.2, 0.25) is 0 Å². The third-order valence-electron chi connectivity index (χ3n) is 1.66. The molecule has 0 aromatic heterocycles. The fraction of sp³-hybridized carbons (Fsp3) is 0.111. The molecular weight excluding hydrogens is 203 g/mol. The van der Waals surface area contributed by atoms with E-state index in [9.17, 15) is 14.0 Å². The fourth-order valence-corrected chi connectivity index (χ4v) is 0.943. The number of nitrogens with one attached hydrogen (secondary N) is 1. The van der Waals surface area contributed by atoms with Crippen LogP contribution < -0.4 is 11.1 Å². The number of hydrogen-bond donors (Lipinski definition) is 3. The van der Waals surface area contributed by atoms with Gasteiger partial charge in [0.1, 0.15) is 12.4 Å². The van der Waals surface area contributed by atoms with Gasteiger partial charge in [-0.25, -0.2) is 4.39 Å². The number of hydrogen-bond acceptors (Lipinski definition) is 3. The van der Waals surface area contributed by atoms with Crippen molar-refractivity contribution in [3.63, 3.8) is 0 Å². The summed E-state index contributed by atoms with van der Waals surface area (Å²) < 4.78 is 12.7. The summed E-state index contributed by atoms with van der Waals surface area (Å²) in [7, 11) is 0. The maximum Gasteiger partial charge on any atom is 0.322 e. The number of amides is 1. The number of anilines is 1. The van der Waals surface area contributed by atoms with Crippen LogP contribution in [0.5, 0.6) is 0 Å². The molecule has 4 N–H and O–H groups in total. The minimum Gasteiger partial charge on any atom is -0.480 e. The molecule has 0 radical (unpaired) electrons. The number of nitrogens with two attached hydrogens (primary N) is 1. The lowest BCUT2D eigenvalue weighted by Crippen LogP contribution is -2.29. The number of aliphatic carboxylic acids is 1. The molecule has 1 rings (SSSR count). The molecule has 0 atom stereocenters. The van der Waals surface area contributed by atoms with Gasteiger partial charge >= 0.3 is 5.97 Å². The highest BCUT2D eigenvalue weighted by molar-refractivity contribution is 5.96. The van der Waals surface area contributed by atoms with Crippen LogP contribution in [-0.2, 0) is 4.79 Å². The van der Waals surface area contributed by atoms with Crippen LogP contribution in [0.3, 0.4) is 0 Å². The van der Waals surface area contributed by atoms with Gasteiger partial charge in [0.15, 0.2) is 0 Å². The molecule has 6 heteroatoms. The zero-order chi connectivity index (χ0) is 11.4. The molecule has 1 amide bonds. The van der Waals surface area contributed by atoms with Crippen LogP contribution in [0, 0.1) is 5.82 Å². The number of halogens is 1. The molecule has 0 bridgehead atoms. The lowest BCUT2D eigenvalue weighted by Gasteiger charge is -2.03. The standard InChI is InChI=1S/C9H9FN2O3/c10-6-2-1-5(3-7(6)11)9(15)12-4-8(13)14/h1-3H,4,11H2,(H,12,15)(H,13,14)/i10+0. The van der Waals surface area contributed by atoms with Gasteiger partial charge in [-0.15, -0.1) is 0 Å². The number of nitrogen functional groups attached to an aromatic ring is 1. The van der Waals surface area contributed by atoms with Crippen LogP contribution in [0.25, 0.3) is 0 Å². The van der Waals surface area contributed by atoms with Gasteiger partial charge in [0.2, 0.25) is 0 Å². The van der Waals surface area contributed by atoms with E-state index in [0.29, 0.717) is 0 Å². The number of carbonyl (C=O) groups excluding carboxylic acids is 1. The summed E-state index contributed by atoms with van der Waals surface area (Å²) >= 11 is 0. The molecule has 1 aromatic carbocycles. The van der Waals surface area contributed by atoms with Crippen LogP contribution in [0.15, 0.2) is 18.2 Å². The van der Waals surface area contributed by atoms with Crippen molar-refractivity contribution in [2.75, 3.05) is 12.3 Å². The van der Waals surface area contributed by atoms with Crippen molar-refractivity contribution >= 4 is 17.6 Å². The number of rotatable bonds is 3. The van der Waals surface area contributed by atoms with Crippen LogP contribution in [-0.4, -0.2) is 23.5 Å². The van der Waals surface area contributed by atoms with Gasteiger partial charge in [-0.3, -0.25) is 9.59 Å². The van der Waals surface area contributed by atoms with Gasteiger partial charge in [0.05, 0.1) is 5.69 Å². The summed E-state index contributed by atoms with van der Waals surface area (Å²) in [5, 5.41) is 10.4. The lowest BCUT2D eigenvalue weighted by atomic mass is 10.2. The number of carboxylic acids is 1. The Bertz CT molecular complexity index is 406. The topological polar surface area (TPSA) is 92.4 Å². The molecule has 0 aliphatic heterocycles. The number of carboxylic acid groups (broad SMARTS) is 1. The van der Waals surface area contributed by atoms with E-state index in [-0.39, 0.29) is 11.3 Å². The first-order valence-corrected chi connectivity index (χ1v) is 4.05. The second-order valence-electron chi connectivity index (χ2n) is 2.81.